The maximum atomic E-state index is 4.70. The van der Waals surface area contributed by atoms with Gasteiger partial charge in [-0.25, -0.2) is 15.0 Å². The summed E-state index contributed by atoms with van der Waals surface area (Å²) in [5.41, 5.74) is 1.23. The van der Waals surface area contributed by atoms with Gasteiger partial charge >= 0.3 is 0 Å². The second-order valence-corrected chi connectivity index (χ2v) is 8.12. The van der Waals surface area contributed by atoms with E-state index in [-0.39, 0.29) is 24.0 Å². The van der Waals surface area contributed by atoms with Crippen molar-refractivity contribution in [2.45, 2.75) is 46.2 Å². The lowest BCUT2D eigenvalue weighted by Gasteiger charge is -2.31. The van der Waals surface area contributed by atoms with E-state index in [0.29, 0.717) is 12.5 Å². The Morgan fingerprint density at radius 1 is 1.28 bits per heavy atom. The highest BCUT2D eigenvalue weighted by atomic mass is 127. The molecule has 3 rings (SSSR count). The van der Waals surface area contributed by atoms with E-state index in [1.54, 1.807) is 22.3 Å². The number of rotatable bonds is 8. The van der Waals surface area contributed by atoms with Gasteiger partial charge in [-0.05, 0) is 45.2 Å². The maximum absolute atomic E-state index is 4.70. The molecule has 0 aliphatic carbocycles. The maximum Gasteiger partial charge on any atom is 0.191 e. The molecule has 1 saturated heterocycles. The molecule has 1 aliphatic heterocycles. The fourth-order valence-corrected chi connectivity index (χ4v) is 4.09. The number of aromatic nitrogens is 4. The van der Waals surface area contributed by atoms with Gasteiger partial charge in [-0.1, -0.05) is 6.92 Å². The first-order valence-corrected chi connectivity index (χ1v) is 11.1. The number of halogens is 1. The van der Waals surface area contributed by atoms with Crippen LogP contribution in [0.25, 0.3) is 0 Å². The fraction of sp³-hybridized carbons (Fsp3) is 0.684. The third kappa shape index (κ3) is 7.49. The van der Waals surface area contributed by atoms with Crippen molar-refractivity contribution in [1.82, 2.24) is 35.3 Å². The van der Waals surface area contributed by atoms with Gasteiger partial charge < -0.3 is 10.6 Å². The Balaban J connectivity index is 0.00000300. The minimum Gasteiger partial charge on any atom is -0.357 e. The van der Waals surface area contributed by atoms with Crippen LogP contribution in [-0.4, -0.2) is 56.8 Å². The van der Waals surface area contributed by atoms with Crippen molar-refractivity contribution >= 4 is 41.3 Å². The van der Waals surface area contributed by atoms with E-state index >= 15 is 0 Å². The number of piperidine rings is 1. The van der Waals surface area contributed by atoms with Crippen LogP contribution in [0.5, 0.6) is 0 Å². The predicted molar refractivity (Wildman–Crippen MR) is 129 cm³/mol. The Bertz CT molecular complexity index is 751. The molecule has 1 aliphatic rings. The SMILES string of the molecule is CCNC(=NCc1ncnn1C)NCC1CCN(Cc2csc(CC)n2)CC1.I. The first-order valence-electron chi connectivity index (χ1n) is 10.2. The number of thiazole rings is 1. The number of nitrogens with one attached hydrogen (secondary N) is 2. The average molecular weight is 533 g/mol. The zero-order valence-electron chi connectivity index (χ0n) is 17.6. The largest absolute Gasteiger partial charge is 0.357 e. The first kappa shape index (κ1) is 24.0. The minimum atomic E-state index is 0. The van der Waals surface area contributed by atoms with Gasteiger partial charge in [0.15, 0.2) is 5.96 Å². The molecule has 2 aromatic heterocycles. The highest BCUT2D eigenvalue weighted by molar-refractivity contribution is 14.0. The van der Waals surface area contributed by atoms with Crippen LogP contribution in [0.4, 0.5) is 0 Å². The third-order valence-corrected chi connectivity index (χ3v) is 6.12. The molecule has 2 aromatic rings. The molecule has 1 fully saturated rings. The summed E-state index contributed by atoms with van der Waals surface area (Å²) in [5, 5.41) is 14.4. The van der Waals surface area contributed by atoms with Gasteiger partial charge in [0.05, 0.1) is 10.7 Å². The molecule has 0 saturated carbocycles. The number of guanidine groups is 1. The number of likely N-dealkylation sites (tertiary alicyclic amines) is 1. The van der Waals surface area contributed by atoms with Gasteiger partial charge in [0.25, 0.3) is 0 Å². The lowest BCUT2D eigenvalue weighted by atomic mass is 9.97. The lowest BCUT2D eigenvalue weighted by molar-refractivity contribution is 0.176. The highest BCUT2D eigenvalue weighted by Gasteiger charge is 2.20. The summed E-state index contributed by atoms with van der Waals surface area (Å²) in [6.45, 7) is 9.83. The Hall–Kier alpha value is -1.27. The Morgan fingerprint density at radius 2 is 2.07 bits per heavy atom. The number of hydrogen-bond acceptors (Lipinski definition) is 6. The fourth-order valence-electron chi connectivity index (χ4n) is 3.36. The van der Waals surface area contributed by atoms with Crippen LogP contribution in [0.15, 0.2) is 16.7 Å². The van der Waals surface area contributed by atoms with Crippen molar-refractivity contribution in [2.75, 3.05) is 26.2 Å². The van der Waals surface area contributed by atoms with Gasteiger partial charge in [0, 0.05) is 32.1 Å². The lowest BCUT2D eigenvalue weighted by Crippen LogP contribution is -2.42. The highest BCUT2D eigenvalue weighted by Crippen LogP contribution is 2.19. The summed E-state index contributed by atoms with van der Waals surface area (Å²) in [6.07, 6.45) is 5.01. The quantitative estimate of drug-likeness (QED) is 0.309. The van der Waals surface area contributed by atoms with Crippen molar-refractivity contribution in [1.29, 1.82) is 0 Å². The zero-order valence-corrected chi connectivity index (χ0v) is 20.7. The average Bonchev–Trinajstić information content (AvgIpc) is 3.33. The molecule has 0 amide bonds. The molecule has 0 radical (unpaired) electrons. The van der Waals surface area contributed by atoms with Crippen molar-refractivity contribution in [2.24, 2.45) is 18.0 Å². The molecule has 0 bridgehead atoms. The molecule has 162 valence electrons. The normalized spacial score (nSPS) is 15.9. The van der Waals surface area contributed by atoms with E-state index in [1.165, 1.54) is 23.5 Å². The summed E-state index contributed by atoms with van der Waals surface area (Å²) in [4.78, 5) is 16.1. The molecule has 3 heterocycles. The Kier molecular flexibility index (Phi) is 10.3. The van der Waals surface area contributed by atoms with Gasteiger partial charge in [-0.3, -0.25) is 9.58 Å². The minimum absolute atomic E-state index is 0. The molecular weight excluding hydrogens is 499 g/mol. The van der Waals surface area contributed by atoms with Crippen LogP contribution in [0, 0.1) is 5.92 Å². The van der Waals surface area contributed by atoms with Crippen molar-refractivity contribution in [3.8, 4) is 0 Å². The van der Waals surface area contributed by atoms with Gasteiger partial charge in [-0.2, -0.15) is 5.10 Å². The smallest absolute Gasteiger partial charge is 0.191 e. The van der Waals surface area contributed by atoms with Crippen LogP contribution in [-0.2, 0) is 26.6 Å². The number of aliphatic imine (C=N–C) groups is 1. The topological polar surface area (TPSA) is 83.3 Å². The molecule has 8 nitrogen and oxygen atoms in total. The summed E-state index contributed by atoms with van der Waals surface area (Å²) in [6, 6.07) is 0. The molecule has 0 unspecified atom stereocenters. The van der Waals surface area contributed by atoms with Crippen molar-refractivity contribution in [3.63, 3.8) is 0 Å². The van der Waals surface area contributed by atoms with Crippen LogP contribution >= 0.6 is 35.3 Å². The van der Waals surface area contributed by atoms with Crippen molar-refractivity contribution < 1.29 is 0 Å². The Labute approximate surface area is 194 Å². The third-order valence-electron chi connectivity index (χ3n) is 5.08. The zero-order chi connectivity index (χ0) is 19.8. The summed E-state index contributed by atoms with van der Waals surface area (Å²) in [7, 11) is 1.89. The number of aryl methyl sites for hydroxylation is 2. The van der Waals surface area contributed by atoms with Crippen LogP contribution in [0.3, 0.4) is 0 Å². The molecule has 0 spiro atoms. The van der Waals surface area contributed by atoms with E-state index in [4.69, 9.17) is 4.98 Å². The van der Waals surface area contributed by atoms with E-state index in [2.05, 4.69) is 49.8 Å². The summed E-state index contributed by atoms with van der Waals surface area (Å²) in [5.74, 6) is 2.39. The van der Waals surface area contributed by atoms with E-state index in [0.717, 1.165) is 50.9 Å². The van der Waals surface area contributed by atoms with Gasteiger partial charge in [0.2, 0.25) is 0 Å². The second kappa shape index (κ2) is 12.4. The molecule has 0 atom stereocenters. The summed E-state index contributed by atoms with van der Waals surface area (Å²) < 4.78 is 1.76. The number of nitrogens with zero attached hydrogens (tertiary/aromatic N) is 6. The van der Waals surface area contributed by atoms with E-state index in [9.17, 15) is 0 Å². The van der Waals surface area contributed by atoms with Gasteiger partial charge in [-0.15, -0.1) is 35.3 Å². The van der Waals surface area contributed by atoms with Crippen LogP contribution in [0.1, 0.15) is 43.2 Å². The molecule has 29 heavy (non-hydrogen) atoms. The second-order valence-electron chi connectivity index (χ2n) is 7.18. The van der Waals surface area contributed by atoms with Gasteiger partial charge in [0.1, 0.15) is 18.7 Å². The number of hydrogen-bond donors (Lipinski definition) is 2. The van der Waals surface area contributed by atoms with E-state index < -0.39 is 0 Å². The van der Waals surface area contributed by atoms with Crippen LogP contribution in [0.2, 0.25) is 0 Å². The molecule has 10 heteroatoms. The molecule has 0 aromatic carbocycles. The van der Waals surface area contributed by atoms with Crippen molar-refractivity contribution in [3.05, 3.63) is 28.2 Å². The van der Waals surface area contributed by atoms with Crippen LogP contribution < -0.4 is 10.6 Å². The van der Waals surface area contributed by atoms with E-state index in [1.807, 2.05) is 7.05 Å². The molecule has 2 N–H and O–H groups in total. The molecular formula is C19H33IN8S. The first-order chi connectivity index (χ1) is 13.7. The predicted octanol–water partition coefficient (Wildman–Crippen LogP) is 2.42. The monoisotopic (exact) mass is 532 g/mol. The standard InChI is InChI=1S/C19H32N8S.HI/c1-4-18-25-16(13-28-18)12-27-8-6-15(7-9-27)10-21-19(20-5-2)22-11-17-23-14-24-26(17)3;/h13-15H,4-12H2,1-3H3,(H2,20,21,22);1H. The summed E-state index contributed by atoms with van der Waals surface area (Å²) >= 11 is 1.78. The Morgan fingerprint density at radius 3 is 2.69 bits per heavy atom.